The second-order valence-electron chi connectivity index (χ2n) is 9.24. The Labute approximate surface area is 204 Å². The van der Waals surface area contributed by atoms with Gasteiger partial charge in [0.05, 0.1) is 39.6 Å². The van der Waals surface area contributed by atoms with E-state index in [1.807, 2.05) is 0 Å². The van der Waals surface area contributed by atoms with E-state index in [1.165, 1.54) is 57.8 Å². The topological polar surface area (TPSA) is 55.4 Å². The van der Waals surface area contributed by atoms with Gasteiger partial charge in [-0.2, -0.15) is 0 Å². The highest BCUT2D eigenvalue weighted by molar-refractivity contribution is 4.70. The molecule has 0 aromatic rings. The molecular weight excluding hydrogens is 420 g/mol. The van der Waals surface area contributed by atoms with E-state index < -0.39 is 5.79 Å². The average molecular weight is 475 g/mol. The standard InChI is InChI=1S/C27H54O6/c1-3-5-7-8-9-10-11-12-13-14-17-27(33-32-21-15-6-4-2)18-22-30-24-23-28-19-16-20-29-25-26-31-27/h3-26H2,1-2H3. The van der Waals surface area contributed by atoms with Gasteiger partial charge < -0.3 is 18.9 Å². The second-order valence-corrected chi connectivity index (χ2v) is 9.24. The van der Waals surface area contributed by atoms with Gasteiger partial charge in [0.1, 0.15) is 0 Å². The fourth-order valence-corrected chi connectivity index (χ4v) is 4.02. The summed E-state index contributed by atoms with van der Waals surface area (Å²) in [5.41, 5.74) is 0. The van der Waals surface area contributed by atoms with Crippen molar-refractivity contribution in [2.45, 2.75) is 122 Å². The molecule has 0 saturated carbocycles. The van der Waals surface area contributed by atoms with Gasteiger partial charge in [0.15, 0.2) is 0 Å². The third-order valence-electron chi connectivity index (χ3n) is 6.12. The summed E-state index contributed by atoms with van der Waals surface area (Å²) in [6.07, 6.45) is 18.8. The molecule has 1 atom stereocenters. The van der Waals surface area contributed by atoms with Gasteiger partial charge in [-0.15, -0.1) is 0 Å². The normalized spacial score (nSPS) is 21.6. The predicted octanol–water partition coefficient (Wildman–Crippen LogP) is 6.99. The lowest BCUT2D eigenvalue weighted by atomic mass is 10.0. The highest BCUT2D eigenvalue weighted by Gasteiger charge is 2.33. The lowest BCUT2D eigenvalue weighted by molar-refractivity contribution is -0.435. The van der Waals surface area contributed by atoms with Crippen LogP contribution in [-0.2, 0) is 28.7 Å². The van der Waals surface area contributed by atoms with Crippen molar-refractivity contribution in [3.63, 3.8) is 0 Å². The van der Waals surface area contributed by atoms with Crippen molar-refractivity contribution in [2.75, 3.05) is 52.9 Å². The van der Waals surface area contributed by atoms with Gasteiger partial charge in [-0.1, -0.05) is 84.5 Å². The van der Waals surface area contributed by atoms with Gasteiger partial charge in [-0.05, 0) is 19.3 Å². The predicted molar refractivity (Wildman–Crippen MR) is 133 cm³/mol. The fourth-order valence-electron chi connectivity index (χ4n) is 4.02. The van der Waals surface area contributed by atoms with E-state index in [2.05, 4.69) is 13.8 Å². The lowest BCUT2D eigenvalue weighted by Gasteiger charge is -2.32. The summed E-state index contributed by atoms with van der Waals surface area (Å²) in [7, 11) is 0. The average Bonchev–Trinajstić information content (AvgIpc) is 2.82. The molecule has 6 heteroatoms. The first-order valence-corrected chi connectivity index (χ1v) is 14.0. The van der Waals surface area contributed by atoms with Crippen LogP contribution in [0.3, 0.4) is 0 Å². The van der Waals surface area contributed by atoms with Crippen LogP contribution in [0.15, 0.2) is 0 Å². The maximum atomic E-state index is 6.28. The summed E-state index contributed by atoms with van der Waals surface area (Å²) in [6, 6.07) is 0. The van der Waals surface area contributed by atoms with E-state index in [1.54, 1.807) is 0 Å². The van der Waals surface area contributed by atoms with Gasteiger partial charge in [-0.25, -0.2) is 9.78 Å². The first-order valence-electron chi connectivity index (χ1n) is 14.0. The van der Waals surface area contributed by atoms with Crippen LogP contribution < -0.4 is 0 Å². The highest BCUT2D eigenvalue weighted by Crippen LogP contribution is 2.27. The third kappa shape index (κ3) is 18.7. The van der Waals surface area contributed by atoms with Crippen LogP contribution in [0.25, 0.3) is 0 Å². The maximum Gasteiger partial charge on any atom is 0.203 e. The lowest BCUT2D eigenvalue weighted by Crippen LogP contribution is -2.39. The van der Waals surface area contributed by atoms with E-state index >= 15 is 0 Å². The quantitative estimate of drug-likeness (QED) is 0.129. The van der Waals surface area contributed by atoms with Crippen molar-refractivity contribution < 1.29 is 28.7 Å². The van der Waals surface area contributed by atoms with E-state index in [4.69, 9.17) is 28.7 Å². The molecule has 1 rings (SSSR count). The zero-order valence-electron chi connectivity index (χ0n) is 21.9. The number of hydrogen-bond acceptors (Lipinski definition) is 6. The molecule has 198 valence electrons. The van der Waals surface area contributed by atoms with Crippen LogP contribution in [0.2, 0.25) is 0 Å². The molecule has 0 N–H and O–H groups in total. The molecule has 1 aliphatic rings. The molecule has 6 nitrogen and oxygen atoms in total. The van der Waals surface area contributed by atoms with Gasteiger partial charge in [0, 0.05) is 26.1 Å². The Morgan fingerprint density at radius 1 is 0.576 bits per heavy atom. The summed E-state index contributed by atoms with van der Waals surface area (Å²) in [6.45, 7) is 9.28. The largest absolute Gasteiger partial charge is 0.379 e. The Hall–Kier alpha value is -0.240. The second kappa shape index (κ2) is 23.5. The van der Waals surface area contributed by atoms with Crippen LogP contribution in [0.4, 0.5) is 0 Å². The van der Waals surface area contributed by atoms with Crippen LogP contribution in [-0.4, -0.2) is 58.6 Å². The minimum atomic E-state index is -0.763. The van der Waals surface area contributed by atoms with Crippen molar-refractivity contribution >= 4 is 0 Å². The van der Waals surface area contributed by atoms with Gasteiger partial charge in [0.2, 0.25) is 5.79 Å². The summed E-state index contributed by atoms with van der Waals surface area (Å²) >= 11 is 0. The molecule has 1 heterocycles. The maximum absolute atomic E-state index is 6.28. The molecule has 0 amide bonds. The Bertz CT molecular complexity index is 373. The Balaban J connectivity index is 2.44. The molecule has 0 spiro atoms. The van der Waals surface area contributed by atoms with Crippen LogP contribution >= 0.6 is 0 Å². The zero-order valence-corrected chi connectivity index (χ0v) is 21.9. The summed E-state index contributed by atoms with van der Waals surface area (Å²) in [5.74, 6) is -0.763. The minimum absolute atomic E-state index is 0.497. The summed E-state index contributed by atoms with van der Waals surface area (Å²) in [5, 5.41) is 0. The first-order chi connectivity index (χ1) is 16.3. The van der Waals surface area contributed by atoms with Crippen molar-refractivity contribution in [3.8, 4) is 0 Å². The third-order valence-corrected chi connectivity index (χ3v) is 6.12. The molecule has 0 bridgehead atoms. The Kier molecular flexibility index (Phi) is 21.9. The summed E-state index contributed by atoms with van der Waals surface area (Å²) < 4.78 is 23.4. The monoisotopic (exact) mass is 474 g/mol. The number of ether oxygens (including phenoxy) is 4. The van der Waals surface area contributed by atoms with Crippen molar-refractivity contribution in [1.29, 1.82) is 0 Å². The van der Waals surface area contributed by atoms with Crippen molar-refractivity contribution in [1.82, 2.24) is 0 Å². The zero-order chi connectivity index (χ0) is 23.7. The number of rotatable bonds is 17. The molecule has 0 aromatic carbocycles. The van der Waals surface area contributed by atoms with Crippen LogP contribution in [0.1, 0.15) is 117 Å². The Morgan fingerprint density at radius 2 is 1.12 bits per heavy atom. The summed E-state index contributed by atoms with van der Waals surface area (Å²) in [4.78, 5) is 11.6. The fraction of sp³-hybridized carbons (Fsp3) is 1.00. The molecule has 1 saturated heterocycles. The molecule has 1 unspecified atom stereocenters. The highest BCUT2D eigenvalue weighted by atomic mass is 17.2. The van der Waals surface area contributed by atoms with E-state index in [-0.39, 0.29) is 0 Å². The van der Waals surface area contributed by atoms with Crippen molar-refractivity contribution in [2.24, 2.45) is 0 Å². The van der Waals surface area contributed by atoms with Crippen LogP contribution in [0.5, 0.6) is 0 Å². The molecule has 1 fully saturated rings. The first kappa shape index (κ1) is 30.8. The van der Waals surface area contributed by atoms with E-state index in [0.717, 1.165) is 38.5 Å². The van der Waals surface area contributed by atoms with Crippen molar-refractivity contribution in [3.05, 3.63) is 0 Å². The molecule has 33 heavy (non-hydrogen) atoms. The van der Waals surface area contributed by atoms with Crippen LogP contribution in [0, 0.1) is 0 Å². The number of hydrogen-bond donors (Lipinski definition) is 0. The molecule has 0 radical (unpaired) electrons. The van der Waals surface area contributed by atoms with Gasteiger partial charge in [0.25, 0.3) is 0 Å². The van der Waals surface area contributed by atoms with E-state index in [9.17, 15) is 0 Å². The Morgan fingerprint density at radius 3 is 1.79 bits per heavy atom. The van der Waals surface area contributed by atoms with Gasteiger partial charge >= 0.3 is 0 Å². The number of unbranched alkanes of at least 4 members (excludes halogenated alkanes) is 11. The van der Waals surface area contributed by atoms with E-state index in [0.29, 0.717) is 59.3 Å². The SMILES string of the molecule is CCCCCCCCCCCCC1(OOCCCCC)CCOCCOCCCOCCO1. The smallest absolute Gasteiger partial charge is 0.203 e. The molecule has 0 aliphatic carbocycles. The molecule has 0 aromatic heterocycles. The van der Waals surface area contributed by atoms with Gasteiger partial charge in [-0.3, -0.25) is 0 Å². The molecule has 1 aliphatic heterocycles. The minimum Gasteiger partial charge on any atom is -0.379 e. The molecular formula is C27H54O6.